The zero-order valence-electron chi connectivity index (χ0n) is 15.4. The Morgan fingerprint density at radius 2 is 2.00 bits per heavy atom. The van der Waals surface area contributed by atoms with Gasteiger partial charge in [0, 0.05) is 36.6 Å². The molecule has 2 aromatic heterocycles. The van der Waals surface area contributed by atoms with Gasteiger partial charge in [-0.05, 0) is 44.9 Å². The Bertz CT molecular complexity index is 871. The van der Waals surface area contributed by atoms with E-state index in [0.29, 0.717) is 5.92 Å². The highest BCUT2D eigenvalue weighted by atomic mass is 15.1. The Hall–Kier alpha value is -2.53. The van der Waals surface area contributed by atoms with Gasteiger partial charge in [0.2, 0.25) is 0 Å². The van der Waals surface area contributed by atoms with Crippen molar-refractivity contribution < 1.29 is 0 Å². The van der Waals surface area contributed by atoms with E-state index in [1.165, 1.54) is 12.0 Å². The van der Waals surface area contributed by atoms with Crippen molar-refractivity contribution in [3.63, 3.8) is 0 Å². The first-order valence-corrected chi connectivity index (χ1v) is 9.31. The second-order valence-electron chi connectivity index (χ2n) is 7.23. The summed E-state index contributed by atoms with van der Waals surface area (Å²) in [5, 5.41) is 0. The summed E-state index contributed by atoms with van der Waals surface area (Å²) >= 11 is 0. The van der Waals surface area contributed by atoms with Crippen LogP contribution in [0.1, 0.15) is 41.5 Å². The first-order valence-electron chi connectivity index (χ1n) is 9.31. The molecule has 4 rings (SSSR count). The maximum Gasteiger partial charge on any atom is 0.156 e. The Balaban J connectivity index is 1.54. The number of nitrogens with zero attached hydrogens (tertiary/aromatic N) is 4. The molecule has 1 N–H and O–H groups in total. The molecule has 0 spiro atoms. The van der Waals surface area contributed by atoms with Gasteiger partial charge in [-0.1, -0.05) is 30.3 Å². The fourth-order valence-corrected chi connectivity index (χ4v) is 3.69. The summed E-state index contributed by atoms with van der Waals surface area (Å²) < 4.78 is 0. The van der Waals surface area contributed by atoms with Crippen LogP contribution in [0.4, 0.5) is 0 Å². The molecule has 0 saturated carbocycles. The normalized spacial score (nSPS) is 18.2. The Morgan fingerprint density at radius 3 is 2.77 bits per heavy atom. The molecule has 1 aliphatic heterocycles. The molecule has 0 aliphatic carbocycles. The van der Waals surface area contributed by atoms with Crippen LogP contribution in [0.15, 0.2) is 42.6 Å². The minimum absolute atomic E-state index is 0.377. The zero-order valence-corrected chi connectivity index (χ0v) is 15.4. The number of hydrogen-bond donors (Lipinski definition) is 1. The molecule has 3 aromatic rings. The van der Waals surface area contributed by atoms with Gasteiger partial charge in [0.25, 0.3) is 0 Å². The molecule has 1 aliphatic rings. The van der Waals surface area contributed by atoms with E-state index in [9.17, 15) is 0 Å². The Kier molecular flexibility index (Phi) is 4.80. The van der Waals surface area contributed by atoms with Crippen molar-refractivity contribution in [2.24, 2.45) is 0 Å². The lowest BCUT2D eigenvalue weighted by molar-refractivity contribution is 0.196. The predicted molar refractivity (Wildman–Crippen MR) is 103 cm³/mol. The molecule has 134 valence electrons. The lowest BCUT2D eigenvalue weighted by atomic mass is 9.96. The van der Waals surface area contributed by atoms with E-state index in [0.717, 1.165) is 54.8 Å². The summed E-state index contributed by atoms with van der Waals surface area (Å²) in [5.74, 6) is 2.15. The molecule has 1 atom stereocenters. The first kappa shape index (κ1) is 16.9. The number of aromatic amines is 1. The smallest absolute Gasteiger partial charge is 0.156 e. The Morgan fingerprint density at radius 1 is 1.15 bits per heavy atom. The molecule has 5 nitrogen and oxygen atoms in total. The van der Waals surface area contributed by atoms with Crippen molar-refractivity contribution in [3.05, 3.63) is 65.4 Å². The number of piperidine rings is 1. The highest BCUT2D eigenvalue weighted by Crippen LogP contribution is 2.27. The van der Waals surface area contributed by atoms with Gasteiger partial charge in [-0.3, -0.25) is 4.90 Å². The van der Waals surface area contributed by atoms with Gasteiger partial charge in [0.15, 0.2) is 5.82 Å². The molecule has 0 bridgehead atoms. The largest absolute Gasteiger partial charge is 0.341 e. The minimum Gasteiger partial charge on any atom is -0.341 e. The summed E-state index contributed by atoms with van der Waals surface area (Å²) in [6.07, 6.45) is 4.17. The van der Waals surface area contributed by atoms with Gasteiger partial charge in [-0.25, -0.2) is 15.0 Å². The molecule has 0 amide bonds. The predicted octanol–water partition coefficient (Wildman–Crippen LogP) is 3.86. The molecular weight excluding hydrogens is 322 g/mol. The molecule has 5 heteroatoms. The number of rotatable bonds is 4. The van der Waals surface area contributed by atoms with Crippen molar-refractivity contribution in [1.82, 2.24) is 24.8 Å². The maximum atomic E-state index is 4.85. The standard InChI is InChI=1S/C21H25N5/c1-15-11-19(21-22-12-16(2)24-21)25-20(23-15)18-9-6-10-26(14-18)13-17-7-4-3-5-8-17/h3-5,7-8,11-12,18H,6,9-10,13-14H2,1-2H3,(H,22,24). The van der Waals surface area contributed by atoms with Crippen molar-refractivity contribution in [1.29, 1.82) is 0 Å². The van der Waals surface area contributed by atoms with Crippen molar-refractivity contribution in [2.45, 2.75) is 39.2 Å². The molecule has 3 heterocycles. The van der Waals surface area contributed by atoms with E-state index in [1.54, 1.807) is 0 Å². The summed E-state index contributed by atoms with van der Waals surface area (Å²) in [7, 11) is 0. The number of benzene rings is 1. The average Bonchev–Trinajstić information content (AvgIpc) is 3.09. The molecule has 1 saturated heterocycles. The third-order valence-corrected chi connectivity index (χ3v) is 4.94. The minimum atomic E-state index is 0.377. The van der Waals surface area contributed by atoms with E-state index in [1.807, 2.05) is 26.1 Å². The number of imidazole rings is 1. The third kappa shape index (κ3) is 3.83. The fourth-order valence-electron chi connectivity index (χ4n) is 3.69. The van der Waals surface area contributed by atoms with Crippen LogP contribution in [0.2, 0.25) is 0 Å². The molecule has 1 unspecified atom stereocenters. The monoisotopic (exact) mass is 347 g/mol. The second kappa shape index (κ2) is 7.38. The quantitative estimate of drug-likeness (QED) is 0.778. The highest BCUT2D eigenvalue weighted by Gasteiger charge is 2.24. The lowest BCUT2D eigenvalue weighted by Crippen LogP contribution is -2.34. The number of aryl methyl sites for hydroxylation is 2. The fraction of sp³-hybridized carbons (Fsp3) is 0.381. The molecule has 0 radical (unpaired) electrons. The number of hydrogen-bond acceptors (Lipinski definition) is 4. The van der Waals surface area contributed by atoms with Crippen LogP contribution in [0, 0.1) is 13.8 Å². The van der Waals surface area contributed by atoms with Crippen LogP contribution in [0.5, 0.6) is 0 Å². The van der Waals surface area contributed by atoms with Gasteiger partial charge in [0.05, 0.1) is 0 Å². The van der Waals surface area contributed by atoms with E-state index in [2.05, 4.69) is 45.2 Å². The van der Waals surface area contributed by atoms with E-state index < -0.39 is 0 Å². The molecule has 1 fully saturated rings. The molecular formula is C21H25N5. The van der Waals surface area contributed by atoms with Crippen molar-refractivity contribution in [3.8, 4) is 11.5 Å². The van der Waals surface area contributed by atoms with E-state index in [-0.39, 0.29) is 0 Å². The van der Waals surface area contributed by atoms with Crippen LogP contribution >= 0.6 is 0 Å². The SMILES string of the molecule is Cc1cc(-c2ncc(C)[nH]2)nc(C2CCCN(Cc3ccccc3)C2)n1. The van der Waals surface area contributed by atoms with E-state index in [4.69, 9.17) is 9.97 Å². The maximum absolute atomic E-state index is 4.85. The lowest BCUT2D eigenvalue weighted by Gasteiger charge is -2.32. The zero-order chi connectivity index (χ0) is 17.9. The number of nitrogens with one attached hydrogen (secondary N) is 1. The van der Waals surface area contributed by atoms with Crippen LogP contribution < -0.4 is 0 Å². The topological polar surface area (TPSA) is 57.7 Å². The number of aromatic nitrogens is 4. The second-order valence-corrected chi connectivity index (χ2v) is 7.23. The van der Waals surface area contributed by atoms with Gasteiger partial charge >= 0.3 is 0 Å². The van der Waals surface area contributed by atoms with Crippen LogP contribution in [-0.2, 0) is 6.54 Å². The summed E-state index contributed by atoms with van der Waals surface area (Å²) in [4.78, 5) is 19.8. The van der Waals surface area contributed by atoms with Gasteiger partial charge < -0.3 is 4.98 Å². The third-order valence-electron chi connectivity index (χ3n) is 4.94. The van der Waals surface area contributed by atoms with Crippen LogP contribution in [-0.4, -0.2) is 37.9 Å². The van der Waals surface area contributed by atoms with Crippen molar-refractivity contribution in [2.75, 3.05) is 13.1 Å². The number of likely N-dealkylation sites (tertiary alicyclic amines) is 1. The van der Waals surface area contributed by atoms with Crippen molar-refractivity contribution >= 4 is 0 Å². The number of H-pyrrole nitrogens is 1. The summed E-state index contributed by atoms with van der Waals surface area (Å²) in [6.45, 7) is 7.19. The average molecular weight is 347 g/mol. The molecule has 26 heavy (non-hydrogen) atoms. The first-order chi connectivity index (χ1) is 12.7. The van der Waals surface area contributed by atoms with Gasteiger partial charge in [-0.2, -0.15) is 0 Å². The highest BCUT2D eigenvalue weighted by molar-refractivity contribution is 5.50. The summed E-state index contributed by atoms with van der Waals surface area (Å²) in [5.41, 5.74) is 4.30. The summed E-state index contributed by atoms with van der Waals surface area (Å²) in [6, 6.07) is 12.7. The van der Waals surface area contributed by atoms with Gasteiger partial charge in [-0.15, -0.1) is 0 Å². The van der Waals surface area contributed by atoms with Crippen LogP contribution in [0.3, 0.4) is 0 Å². The van der Waals surface area contributed by atoms with Gasteiger partial charge in [0.1, 0.15) is 11.5 Å². The molecule has 1 aromatic carbocycles. The van der Waals surface area contributed by atoms with Crippen LogP contribution in [0.25, 0.3) is 11.5 Å². The Labute approximate surface area is 154 Å². The van der Waals surface area contributed by atoms with E-state index >= 15 is 0 Å².